The molecule has 1 rings (SSSR count). The van der Waals surface area contributed by atoms with Gasteiger partial charge in [0.05, 0.1) is 19.2 Å². The second kappa shape index (κ2) is 7.13. The van der Waals surface area contributed by atoms with Gasteiger partial charge in [-0.15, -0.1) is 0 Å². The number of carbonyl (C=O) groups excluding carboxylic acids is 1. The molecule has 0 radical (unpaired) electrons. The van der Waals surface area contributed by atoms with Gasteiger partial charge in [-0.2, -0.15) is 9.33 Å². The van der Waals surface area contributed by atoms with Gasteiger partial charge >= 0.3 is 0 Å². The second-order valence-electron chi connectivity index (χ2n) is 4.07. The van der Waals surface area contributed by atoms with Gasteiger partial charge in [0.15, 0.2) is 5.96 Å². The number of rotatable bonds is 5. The quantitative estimate of drug-likeness (QED) is 0.281. The number of aliphatic imine (C=N–C) groups is 1. The van der Waals surface area contributed by atoms with Crippen molar-refractivity contribution in [3.8, 4) is 0 Å². The van der Waals surface area contributed by atoms with E-state index in [-0.39, 0.29) is 11.9 Å². The molecule has 6 nitrogen and oxygen atoms in total. The molecule has 0 saturated heterocycles. The van der Waals surface area contributed by atoms with Crippen molar-refractivity contribution in [1.82, 2.24) is 0 Å². The molecular weight excluding hydrogens is 266 g/mol. The van der Waals surface area contributed by atoms with Crippen LogP contribution < -0.4 is 11.5 Å². The van der Waals surface area contributed by atoms with Crippen LogP contribution in [0.4, 0.5) is 0 Å². The maximum absolute atomic E-state index is 11.7. The Hall–Kier alpha value is -1.57. The van der Waals surface area contributed by atoms with Crippen molar-refractivity contribution in [2.24, 2.45) is 16.5 Å². The standard InChI is InChI=1S/C12H17N3O3S/c1-7(2)9-5-4-8(11(16)15-12(13)14)6-10(9)19-18-17-3/h4-7H,1-3H3,(H4,13,14,15,16). The van der Waals surface area contributed by atoms with E-state index in [0.717, 1.165) is 22.5 Å². The molecule has 1 aromatic carbocycles. The smallest absolute Gasteiger partial charge is 0.280 e. The fourth-order valence-corrected chi connectivity index (χ4v) is 2.19. The zero-order valence-corrected chi connectivity index (χ0v) is 11.9. The van der Waals surface area contributed by atoms with Crippen LogP contribution in [0.3, 0.4) is 0 Å². The van der Waals surface area contributed by atoms with Crippen molar-refractivity contribution in [3.05, 3.63) is 29.3 Å². The highest BCUT2D eigenvalue weighted by atomic mass is 32.2. The number of guanidine groups is 1. The number of benzene rings is 1. The Morgan fingerprint density at radius 2 is 2.05 bits per heavy atom. The molecule has 104 valence electrons. The van der Waals surface area contributed by atoms with E-state index < -0.39 is 5.91 Å². The van der Waals surface area contributed by atoms with Gasteiger partial charge < -0.3 is 11.5 Å². The van der Waals surface area contributed by atoms with Crippen molar-refractivity contribution in [2.45, 2.75) is 24.7 Å². The van der Waals surface area contributed by atoms with Crippen LogP contribution in [0.2, 0.25) is 0 Å². The summed E-state index contributed by atoms with van der Waals surface area (Å²) in [6, 6.07) is 5.20. The Labute approximate surface area is 116 Å². The van der Waals surface area contributed by atoms with Crippen molar-refractivity contribution in [1.29, 1.82) is 0 Å². The zero-order valence-electron chi connectivity index (χ0n) is 11.0. The lowest BCUT2D eigenvalue weighted by Crippen LogP contribution is -2.24. The summed E-state index contributed by atoms with van der Waals surface area (Å²) in [5.41, 5.74) is 11.8. The second-order valence-corrected chi connectivity index (χ2v) is 4.81. The molecule has 0 unspecified atom stereocenters. The molecule has 0 aliphatic heterocycles. The van der Waals surface area contributed by atoms with Crippen LogP contribution in [0.15, 0.2) is 28.1 Å². The Morgan fingerprint density at radius 3 is 2.58 bits per heavy atom. The fraction of sp³-hybridized carbons (Fsp3) is 0.333. The highest BCUT2D eigenvalue weighted by molar-refractivity contribution is 7.94. The lowest BCUT2D eigenvalue weighted by molar-refractivity contribution is -0.160. The Morgan fingerprint density at radius 1 is 1.37 bits per heavy atom. The Balaban J connectivity index is 3.10. The van der Waals surface area contributed by atoms with Gasteiger partial charge in [0.25, 0.3) is 5.91 Å². The fourth-order valence-electron chi connectivity index (χ4n) is 1.47. The van der Waals surface area contributed by atoms with Crippen LogP contribution in [-0.2, 0) is 9.22 Å². The first-order valence-corrected chi connectivity index (χ1v) is 6.35. The summed E-state index contributed by atoms with van der Waals surface area (Å²) in [6.07, 6.45) is 0. The minimum Gasteiger partial charge on any atom is -0.370 e. The molecule has 0 aliphatic rings. The van der Waals surface area contributed by atoms with Crippen LogP contribution in [-0.4, -0.2) is 19.0 Å². The highest BCUT2D eigenvalue weighted by Crippen LogP contribution is 2.30. The maximum atomic E-state index is 11.7. The predicted octanol–water partition coefficient (Wildman–Crippen LogP) is 1.81. The highest BCUT2D eigenvalue weighted by Gasteiger charge is 2.13. The van der Waals surface area contributed by atoms with Gasteiger partial charge in [-0.25, -0.2) is 4.89 Å². The van der Waals surface area contributed by atoms with Gasteiger partial charge in [-0.05, 0) is 23.6 Å². The number of carbonyl (C=O) groups is 1. The van der Waals surface area contributed by atoms with Gasteiger partial charge in [-0.3, -0.25) is 4.79 Å². The normalized spacial score (nSPS) is 10.5. The van der Waals surface area contributed by atoms with E-state index in [2.05, 4.69) is 9.88 Å². The van der Waals surface area contributed by atoms with Crippen LogP contribution in [0.1, 0.15) is 35.7 Å². The molecule has 0 aliphatic carbocycles. The third-order valence-electron chi connectivity index (χ3n) is 2.31. The van der Waals surface area contributed by atoms with Gasteiger partial charge in [0, 0.05) is 10.5 Å². The molecule has 0 atom stereocenters. The lowest BCUT2D eigenvalue weighted by atomic mass is 10.0. The largest absolute Gasteiger partial charge is 0.370 e. The molecule has 0 heterocycles. The van der Waals surface area contributed by atoms with E-state index in [9.17, 15) is 4.79 Å². The van der Waals surface area contributed by atoms with Crippen molar-refractivity contribution in [2.75, 3.05) is 7.11 Å². The molecule has 19 heavy (non-hydrogen) atoms. The summed E-state index contributed by atoms with van der Waals surface area (Å²) < 4.78 is 4.85. The number of hydrogen-bond acceptors (Lipinski definition) is 4. The number of hydrogen-bond donors (Lipinski definition) is 2. The summed E-state index contributed by atoms with van der Waals surface area (Å²) in [4.78, 5) is 20.6. The Kier molecular flexibility index (Phi) is 5.81. The maximum Gasteiger partial charge on any atom is 0.280 e. The lowest BCUT2D eigenvalue weighted by Gasteiger charge is -2.11. The van der Waals surface area contributed by atoms with Crippen LogP contribution in [0, 0.1) is 0 Å². The average molecular weight is 283 g/mol. The minimum absolute atomic E-state index is 0.264. The van der Waals surface area contributed by atoms with Crippen LogP contribution in [0.5, 0.6) is 0 Å². The Bertz CT molecular complexity index is 485. The van der Waals surface area contributed by atoms with E-state index in [1.54, 1.807) is 12.1 Å². The summed E-state index contributed by atoms with van der Waals surface area (Å²) in [7, 11) is 1.41. The van der Waals surface area contributed by atoms with Gasteiger partial charge in [-0.1, -0.05) is 19.9 Å². The van der Waals surface area contributed by atoms with E-state index in [0.29, 0.717) is 5.56 Å². The minimum atomic E-state index is -0.491. The molecule has 0 saturated carbocycles. The molecule has 0 bridgehead atoms. The number of amides is 1. The van der Waals surface area contributed by atoms with Crippen molar-refractivity contribution < 1.29 is 14.0 Å². The predicted molar refractivity (Wildman–Crippen MR) is 74.6 cm³/mol. The molecule has 0 aromatic heterocycles. The molecule has 4 N–H and O–H groups in total. The van der Waals surface area contributed by atoms with E-state index >= 15 is 0 Å². The molecule has 0 spiro atoms. The number of nitrogens with two attached hydrogens (primary N) is 2. The molecule has 1 amide bonds. The van der Waals surface area contributed by atoms with Crippen LogP contribution >= 0.6 is 12.0 Å². The molecule has 1 aromatic rings. The summed E-state index contributed by atoms with van der Waals surface area (Å²) in [6.45, 7) is 4.09. The summed E-state index contributed by atoms with van der Waals surface area (Å²) in [5.74, 6) is -0.468. The van der Waals surface area contributed by atoms with E-state index in [1.807, 2.05) is 19.9 Å². The SMILES string of the molecule is COOSc1cc(C(=O)N=C(N)N)ccc1C(C)C. The van der Waals surface area contributed by atoms with E-state index in [1.165, 1.54) is 7.11 Å². The topological polar surface area (TPSA) is 99.9 Å². The molecule has 0 fully saturated rings. The average Bonchev–Trinajstić information content (AvgIpc) is 2.34. The first kappa shape index (κ1) is 15.5. The summed E-state index contributed by atoms with van der Waals surface area (Å²) >= 11 is 1.04. The third kappa shape index (κ3) is 4.55. The van der Waals surface area contributed by atoms with Crippen molar-refractivity contribution in [3.63, 3.8) is 0 Å². The first-order chi connectivity index (χ1) is 8.95. The first-order valence-electron chi connectivity index (χ1n) is 5.61. The molecule has 7 heteroatoms. The monoisotopic (exact) mass is 283 g/mol. The van der Waals surface area contributed by atoms with E-state index in [4.69, 9.17) is 15.8 Å². The zero-order chi connectivity index (χ0) is 14.4. The third-order valence-corrected chi connectivity index (χ3v) is 3.04. The van der Waals surface area contributed by atoms with Gasteiger partial charge in [0.2, 0.25) is 0 Å². The van der Waals surface area contributed by atoms with Gasteiger partial charge in [0.1, 0.15) is 0 Å². The van der Waals surface area contributed by atoms with Crippen molar-refractivity contribution >= 4 is 23.9 Å². The molecular formula is C12H17N3O3S. The van der Waals surface area contributed by atoms with Crippen LogP contribution in [0.25, 0.3) is 0 Å². The number of nitrogens with zero attached hydrogens (tertiary/aromatic N) is 1. The summed E-state index contributed by atoms with van der Waals surface area (Å²) in [5, 5.41) is 0.